The van der Waals surface area contributed by atoms with Gasteiger partial charge < -0.3 is 20.6 Å². The summed E-state index contributed by atoms with van der Waals surface area (Å²) in [5, 5.41) is 35.7. The van der Waals surface area contributed by atoms with Crippen molar-refractivity contribution in [1.29, 1.82) is 0 Å². The molecule has 1 heterocycles. The largest absolute Gasteiger partial charge is 0.395 e. The first-order chi connectivity index (χ1) is 11.0. The summed E-state index contributed by atoms with van der Waals surface area (Å²) in [5.74, 6) is -0.191. The molecular weight excluding hydrogens is 296 g/mol. The van der Waals surface area contributed by atoms with Crippen LogP contribution >= 0.6 is 0 Å². The third-order valence-electron chi connectivity index (χ3n) is 4.56. The third kappa shape index (κ3) is 4.29. The lowest BCUT2D eigenvalue weighted by Gasteiger charge is -2.34. The molecule has 1 fully saturated rings. The normalized spacial score (nSPS) is 30.3. The fraction of sp³-hybridized carbons (Fsp3) is 0.588. The topological polar surface area (TPSA) is 102 Å². The molecule has 1 amide bonds. The second-order valence-corrected chi connectivity index (χ2v) is 6.27. The average molecular weight is 322 g/mol. The van der Waals surface area contributed by atoms with E-state index >= 15 is 0 Å². The maximum Gasteiger partial charge on any atom is 0.216 e. The van der Waals surface area contributed by atoms with Crippen LogP contribution in [0.15, 0.2) is 30.3 Å². The van der Waals surface area contributed by atoms with Crippen LogP contribution < -0.4 is 10.6 Å². The van der Waals surface area contributed by atoms with E-state index in [1.54, 1.807) is 0 Å². The van der Waals surface area contributed by atoms with Gasteiger partial charge in [-0.1, -0.05) is 30.3 Å². The lowest BCUT2D eigenvalue weighted by molar-refractivity contribution is -0.119. The Kier molecular flexibility index (Phi) is 6.12. The number of carbonyl (C=O) groups is 1. The van der Waals surface area contributed by atoms with E-state index in [1.165, 1.54) is 12.5 Å². The molecule has 6 heteroatoms. The van der Waals surface area contributed by atoms with E-state index in [0.717, 1.165) is 12.8 Å². The Hall–Kier alpha value is -1.47. The minimum atomic E-state index is -1.05. The zero-order chi connectivity index (χ0) is 16.9. The molecular formula is C17H26N2O4. The Morgan fingerprint density at radius 3 is 2.57 bits per heavy atom. The number of hydrogen-bond acceptors (Lipinski definition) is 5. The molecule has 4 atom stereocenters. The molecule has 0 saturated carbocycles. The van der Waals surface area contributed by atoms with Crippen molar-refractivity contribution in [1.82, 2.24) is 10.6 Å². The highest BCUT2D eigenvalue weighted by Crippen LogP contribution is 2.29. The van der Waals surface area contributed by atoms with Crippen molar-refractivity contribution >= 4 is 5.91 Å². The minimum Gasteiger partial charge on any atom is -0.395 e. The highest BCUT2D eigenvalue weighted by molar-refractivity contribution is 5.72. The second kappa shape index (κ2) is 7.88. The number of hydrogen-bond donors (Lipinski definition) is 5. The van der Waals surface area contributed by atoms with Gasteiger partial charge in [0, 0.05) is 13.5 Å². The monoisotopic (exact) mass is 322 g/mol. The Bertz CT molecular complexity index is 511. The molecule has 1 aromatic carbocycles. The molecule has 0 aromatic heterocycles. The SMILES string of the molecule is CC(=O)NC[C@@]1(CCCc2ccccc2)N[C@H](CO)[C@@H](O)[C@@H]1O. The van der Waals surface area contributed by atoms with E-state index in [0.29, 0.717) is 6.42 Å². The molecule has 128 valence electrons. The maximum atomic E-state index is 11.2. The first-order valence-electron chi connectivity index (χ1n) is 8.01. The number of amides is 1. The zero-order valence-corrected chi connectivity index (χ0v) is 13.4. The van der Waals surface area contributed by atoms with Gasteiger partial charge in [-0.05, 0) is 24.8 Å². The summed E-state index contributed by atoms with van der Waals surface area (Å²) >= 11 is 0. The average Bonchev–Trinajstić information content (AvgIpc) is 2.79. The molecule has 23 heavy (non-hydrogen) atoms. The van der Waals surface area contributed by atoms with Crippen LogP contribution in [0.25, 0.3) is 0 Å². The molecule has 0 bridgehead atoms. The van der Waals surface area contributed by atoms with Crippen molar-refractivity contribution < 1.29 is 20.1 Å². The van der Waals surface area contributed by atoms with Crippen molar-refractivity contribution in [2.75, 3.05) is 13.2 Å². The standard InChI is InChI=1S/C17H26N2O4/c1-12(21)18-11-17(16(23)15(22)14(10-20)19-17)9-5-8-13-6-3-2-4-7-13/h2-4,6-7,14-16,19-20,22-23H,5,8-11H2,1H3,(H,18,21)/t14-,15-,16+,17-/m1/s1. The smallest absolute Gasteiger partial charge is 0.216 e. The van der Waals surface area contributed by atoms with Crippen LogP contribution in [-0.4, -0.2) is 58.2 Å². The Labute approximate surface area is 136 Å². The first-order valence-corrected chi connectivity index (χ1v) is 8.01. The number of aryl methyl sites for hydroxylation is 1. The van der Waals surface area contributed by atoms with Gasteiger partial charge in [0.05, 0.1) is 24.3 Å². The number of aliphatic hydroxyl groups excluding tert-OH is 3. The van der Waals surface area contributed by atoms with Crippen LogP contribution in [0.5, 0.6) is 0 Å². The number of carbonyl (C=O) groups excluding carboxylic acids is 1. The van der Waals surface area contributed by atoms with E-state index in [9.17, 15) is 20.1 Å². The van der Waals surface area contributed by atoms with Crippen molar-refractivity contribution in [2.45, 2.75) is 50.0 Å². The fourth-order valence-corrected chi connectivity index (χ4v) is 3.24. The van der Waals surface area contributed by atoms with Crippen LogP contribution in [0.3, 0.4) is 0 Å². The van der Waals surface area contributed by atoms with Gasteiger partial charge in [0.2, 0.25) is 5.91 Å². The van der Waals surface area contributed by atoms with Crippen molar-refractivity contribution in [3.63, 3.8) is 0 Å². The summed E-state index contributed by atoms with van der Waals surface area (Å²) in [6.07, 6.45) is 0.125. The number of benzene rings is 1. The van der Waals surface area contributed by atoms with Gasteiger partial charge >= 0.3 is 0 Å². The molecule has 0 unspecified atom stereocenters. The summed E-state index contributed by atoms with van der Waals surface area (Å²) in [6, 6.07) is 9.43. The van der Waals surface area contributed by atoms with Crippen LogP contribution in [0, 0.1) is 0 Å². The highest BCUT2D eigenvalue weighted by atomic mass is 16.3. The molecule has 1 aliphatic heterocycles. The predicted octanol–water partition coefficient (Wildman–Crippen LogP) is -0.430. The Morgan fingerprint density at radius 2 is 2.00 bits per heavy atom. The number of aliphatic hydroxyl groups is 3. The van der Waals surface area contributed by atoms with E-state index in [2.05, 4.69) is 10.6 Å². The molecule has 0 radical (unpaired) electrons. The van der Waals surface area contributed by atoms with Crippen LogP contribution in [0.1, 0.15) is 25.3 Å². The van der Waals surface area contributed by atoms with Crippen molar-refractivity contribution in [3.8, 4) is 0 Å². The fourth-order valence-electron chi connectivity index (χ4n) is 3.24. The summed E-state index contributed by atoms with van der Waals surface area (Å²) in [5.41, 5.74) is 0.377. The predicted molar refractivity (Wildman–Crippen MR) is 86.8 cm³/mol. The van der Waals surface area contributed by atoms with Gasteiger partial charge in [-0.2, -0.15) is 0 Å². The summed E-state index contributed by atoms with van der Waals surface area (Å²) in [6.45, 7) is 1.36. The molecule has 1 aromatic rings. The van der Waals surface area contributed by atoms with Gasteiger partial charge in [-0.3, -0.25) is 10.1 Å². The molecule has 1 saturated heterocycles. The Balaban J connectivity index is 2.03. The Morgan fingerprint density at radius 1 is 1.30 bits per heavy atom. The van der Waals surface area contributed by atoms with Gasteiger partial charge in [0.15, 0.2) is 0 Å². The summed E-state index contributed by atoms with van der Waals surface area (Å²) < 4.78 is 0. The van der Waals surface area contributed by atoms with Crippen LogP contribution in [0.2, 0.25) is 0 Å². The summed E-state index contributed by atoms with van der Waals surface area (Å²) in [7, 11) is 0. The van der Waals surface area contributed by atoms with Gasteiger partial charge in [0.25, 0.3) is 0 Å². The molecule has 0 aliphatic carbocycles. The molecule has 1 aliphatic rings. The van der Waals surface area contributed by atoms with Crippen molar-refractivity contribution in [3.05, 3.63) is 35.9 Å². The molecule has 6 nitrogen and oxygen atoms in total. The van der Waals surface area contributed by atoms with E-state index in [4.69, 9.17) is 0 Å². The minimum absolute atomic E-state index is 0.191. The lowest BCUT2D eigenvalue weighted by Crippen LogP contribution is -2.57. The summed E-state index contributed by atoms with van der Waals surface area (Å²) in [4.78, 5) is 11.2. The van der Waals surface area contributed by atoms with Crippen LogP contribution in [-0.2, 0) is 11.2 Å². The zero-order valence-electron chi connectivity index (χ0n) is 13.4. The van der Waals surface area contributed by atoms with E-state index in [1.807, 2.05) is 30.3 Å². The van der Waals surface area contributed by atoms with Gasteiger partial charge in [-0.15, -0.1) is 0 Å². The first kappa shape index (κ1) is 17.9. The van der Waals surface area contributed by atoms with Crippen molar-refractivity contribution in [2.24, 2.45) is 0 Å². The third-order valence-corrected chi connectivity index (χ3v) is 4.56. The van der Waals surface area contributed by atoms with Gasteiger partial charge in [-0.25, -0.2) is 0 Å². The molecule has 5 N–H and O–H groups in total. The van der Waals surface area contributed by atoms with E-state index in [-0.39, 0.29) is 19.1 Å². The van der Waals surface area contributed by atoms with Crippen LogP contribution in [0.4, 0.5) is 0 Å². The van der Waals surface area contributed by atoms with Gasteiger partial charge in [0.1, 0.15) is 6.10 Å². The number of rotatable bonds is 7. The lowest BCUT2D eigenvalue weighted by atomic mass is 9.86. The van der Waals surface area contributed by atoms with E-state index < -0.39 is 23.8 Å². The number of nitrogens with one attached hydrogen (secondary N) is 2. The quantitative estimate of drug-likeness (QED) is 0.469. The highest BCUT2D eigenvalue weighted by Gasteiger charge is 2.51. The molecule has 2 rings (SSSR count). The maximum absolute atomic E-state index is 11.2. The second-order valence-electron chi connectivity index (χ2n) is 6.27. The molecule has 0 spiro atoms.